The number of rotatable bonds is 7. The minimum Gasteiger partial charge on any atom is -0.357 e. The van der Waals surface area contributed by atoms with Gasteiger partial charge < -0.3 is 10.6 Å². The van der Waals surface area contributed by atoms with Crippen LogP contribution >= 0.6 is 0 Å². The molecule has 0 atom stereocenters. The van der Waals surface area contributed by atoms with E-state index in [1.807, 2.05) is 25.1 Å². The molecule has 0 saturated heterocycles. The van der Waals surface area contributed by atoms with Crippen molar-refractivity contribution in [1.29, 1.82) is 0 Å². The molecule has 1 aliphatic heterocycles. The third-order valence-electron chi connectivity index (χ3n) is 4.21. The normalized spacial score (nSPS) is 13.7. The van der Waals surface area contributed by atoms with E-state index in [9.17, 15) is 9.59 Å². The molecule has 0 aliphatic carbocycles. The maximum atomic E-state index is 12.4. The number of imide groups is 1. The Morgan fingerprint density at radius 2 is 1.74 bits per heavy atom. The van der Waals surface area contributed by atoms with Crippen molar-refractivity contribution in [3.63, 3.8) is 0 Å². The zero-order valence-electron chi connectivity index (χ0n) is 15.3. The quantitative estimate of drug-likeness (QED) is 0.441. The van der Waals surface area contributed by atoms with E-state index in [1.54, 1.807) is 30.5 Å². The summed E-state index contributed by atoms with van der Waals surface area (Å²) in [7, 11) is 0. The van der Waals surface area contributed by atoms with Crippen molar-refractivity contribution in [3.05, 3.63) is 65.5 Å². The zero-order valence-corrected chi connectivity index (χ0v) is 15.3. The first-order chi connectivity index (χ1) is 13.2. The van der Waals surface area contributed by atoms with Gasteiger partial charge in [0.05, 0.1) is 11.1 Å². The van der Waals surface area contributed by atoms with Crippen LogP contribution in [0, 0.1) is 0 Å². The van der Waals surface area contributed by atoms with Crippen molar-refractivity contribution in [2.24, 2.45) is 4.99 Å². The summed E-state index contributed by atoms with van der Waals surface area (Å²) < 4.78 is 0. The minimum absolute atomic E-state index is 0.241. The molecule has 2 amide bonds. The average molecular weight is 365 g/mol. The summed E-state index contributed by atoms with van der Waals surface area (Å²) in [4.78, 5) is 34.8. The van der Waals surface area contributed by atoms with Crippen molar-refractivity contribution in [2.75, 3.05) is 26.2 Å². The van der Waals surface area contributed by atoms with Gasteiger partial charge in [0, 0.05) is 44.5 Å². The SMILES string of the molecule is CCNC(=NCCc1ccccn1)NCCN1C(=O)c2ccccc2C1=O. The maximum absolute atomic E-state index is 12.4. The molecule has 0 saturated carbocycles. The molecule has 2 heterocycles. The number of pyridine rings is 1. The predicted molar refractivity (Wildman–Crippen MR) is 104 cm³/mol. The van der Waals surface area contributed by atoms with E-state index in [2.05, 4.69) is 20.6 Å². The lowest BCUT2D eigenvalue weighted by atomic mass is 10.1. The van der Waals surface area contributed by atoms with Gasteiger partial charge in [0.2, 0.25) is 0 Å². The number of guanidine groups is 1. The molecule has 7 nitrogen and oxygen atoms in total. The van der Waals surface area contributed by atoms with Crippen LogP contribution in [0.3, 0.4) is 0 Å². The van der Waals surface area contributed by atoms with Gasteiger partial charge in [0.25, 0.3) is 11.8 Å². The van der Waals surface area contributed by atoms with E-state index in [-0.39, 0.29) is 18.4 Å². The highest BCUT2D eigenvalue weighted by Gasteiger charge is 2.34. The largest absolute Gasteiger partial charge is 0.357 e. The number of nitrogens with one attached hydrogen (secondary N) is 2. The molecule has 3 rings (SSSR count). The highest BCUT2D eigenvalue weighted by molar-refractivity contribution is 6.21. The van der Waals surface area contributed by atoms with E-state index in [1.165, 1.54) is 4.90 Å². The molecule has 0 spiro atoms. The first-order valence-electron chi connectivity index (χ1n) is 9.08. The van der Waals surface area contributed by atoms with Gasteiger partial charge in [-0.1, -0.05) is 18.2 Å². The van der Waals surface area contributed by atoms with Crippen molar-refractivity contribution < 1.29 is 9.59 Å². The summed E-state index contributed by atoms with van der Waals surface area (Å²) in [5.74, 6) is 0.175. The van der Waals surface area contributed by atoms with E-state index in [0.717, 1.165) is 18.7 Å². The Bertz CT molecular complexity index is 800. The first-order valence-corrected chi connectivity index (χ1v) is 9.08. The van der Waals surface area contributed by atoms with Crippen LogP contribution < -0.4 is 10.6 Å². The number of nitrogens with zero attached hydrogens (tertiary/aromatic N) is 3. The third kappa shape index (κ3) is 4.49. The van der Waals surface area contributed by atoms with Gasteiger partial charge in [-0.15, -0.1) is 0 Å². The number of hydrogen-bond donors (Lipinski definition) is 2. The average Bonchev–Trinajstić information content (AvgIpc) is 2.94. The number of fused-ring (bicyclic) bond motifs is 1. The number of aromatic nitrogens is 1. The van der Waals surface area contributed by atoms with Crippen LogP contribution in [0.2, 0.25) is 0 Å². The summed E-state index contributed by atoms with van der Waals surface area (Å²) in [5.41, 5.74) is 1.93. The summed E-state index contributed by atoms with van der Waals surface area (Å²) in [6.45, 7) is 4.03. The molecule has 27 heavy (non-hydrogen) atoms. The molecule has 0 radical (unpaired) electrons. The van der Waals surface area contributed by atoms with Gasteiger partial charge in [0.15, 0.2) is 5.96 Å². The summed E-state index contributed by atoms with van der Waals surface area (Å²) in [6, 6.07) is 12.7. The van der Waals surface area contributed by atoms with Gasteiger partial charge in [-0.3, -0.25) is 24.5 Å². The van der Waals surface area contributed by atoms with E-state index < -0.39 is 0 Å². The minimum atomic E-state index is -0.241. The lowest BCUT2D eigenvalue weighted by Gasteiger charge is -2.16. The Hall–Kier alpha value is -3.22. The molecule has 0 bridgehead atoms. The Morgan fingerprint density at radius 1 is 1.04 bits per heavy atom. The second-order valence-corrected chi connectivity index (χ2v) is 6.07. The third-order valence-corrected chi connectivity index (χ3v) is 4.21. The fourth-order valence-corrected chi connectivity index (χ4v) is 2.90. The Kier molecular flexibility index (Phi) is 6.14. The molecular weight excluding hydrogens is 342 g/mol. The van der Waals surface area contributed by atoms with Gasteiger partial charge in [0.1, 0.15) is 0 Å². The van der Waals surface area contributed by atoms with Gasteiger partial charge >= 0.3 is 0 Å². The summed E-state index contributed by atoms with van der Waals surface area (Å²) >= 11 is 0. The van der Waals surface area contributed by atoms with E-state index in [0.29, 0.717) is 30.2 Å². The highest BCUT2D eigenvalue weighted by Crippen LogP contribution is 2.21. The molecule has 2 aromatic rings. The Balaban J connectivity index is 1.52. The molecule has 2 N–H and O–H groups in total. The fraction of sp³-hybridized carbons (Fsp3) is 0.300. The lowest BCUT2D eigenvalue weighted by Crippen LogP contribution is -2.43. The van der Waals surface area contributed by atoms with E-state index in [4.69, 9.17) is 0 Å². The van der Waals surface area contributed by atoms with Crippen molar-refractivity contribution in [2.45, 2.75) is 13.3 Å². The molecule has 7 heteroatoms. The van der Waals surface area contributed by atoms with Crippen molar-refractivity contribution in [1.82, 2.24) is 20.5 Å². The van der Waals surface area contributed by atoms with Crippen LogP contribution in [-0.2, 0) is 6.42 Å². The van der Waals surface area contributed by atoms with Gasteiger partial charge in [-0.25, -0.2) is 0 Å². The second kappa shape index (κ2) is 8.93. The molecule has 0 fully saturated rings. The number of benzene rings is 1. The highest BCUT2D eigenvalue weighted by atomic mass is 16.2. The Morgan fingerprint density at radius 3 is 2.37 bits per heavy atom. The fourth-order valence-electron chi connectivity index (χ4n) is 2.90. The topological polar surface area (TPSA) is 86.7 Å². The number of amides is 2. The molecule has 0 unspecified atom stereocenters. The first kappa shape index (κ1) is 18.6. The van der Waals surface area contributed by atoms with Gasteiger partial charge in [-0.05, 0) is 31.2 Å². The van der Waals surface area contributed by atoms with Gasteiger partial charge in [-0.2, -0.15) is 0 Å². The van der Waals surface area contributed by atoms with Crippen LogP contribution in [-0.4, -0.2) is 53.8 Å². The molecule has 1 aliphatic rings. The van der Waals surface area contributed by atoms with Crippen LogP contribution in [0.25, 0.3) is 0 Å². The van der Waals surface area contributed by atoms with Crippen molar-refractivity contribution in [3.8, 4) is 0 Å². The Labute approximate surface area is 158 Å². The maximum Gasteiger partial charge on any atom is 0.261 e. The van der Waals surface area contributed by atoms with Crippen molar-refractivity contribution >= 4 is 17.8 Å². The zero-order chi connectivity index (χ0) is 19.1. The molecule has 1 aromatic carbocycles. The number of hydrogen-bond acceptors (Lipinski definition) is 4. The summed E-state index contributed by atoms with van der Waals surface area (Å²) in [6.07, 6.45) is 2.51. The molecular formula is C20H23N5O2. The molecule has 140 valence electrons. The van der Waals surface area contributed by atoms with E-state index >= 15 is 0 Å². The number of carbonyl (C=O) groups is 2. The number of aliphatic imine (C=N–C) groups is 1. The molecule has 1 aromatic heterocycles. The second-order valence-electron chi connectivity index (χ2n) is 6.07. The van der Waals surface area contributed by atoms with Crippen LogP contribution in [0.15, 0.2) is 53.7 Å². The lowest BCUT2D eigenvalue weighted by molar-refractivity contribution is 0.0657. The summed E-state index contributed by atoms with van der Waals surface area (Å²) in [5, 5.41) is 6.34. The number of carbonyl (C=O) groups excluding carboxylic acids is 2. The monoisotopic (exact) mass is 365 g/mol. The van der Waals surface area contributed by atoms with Crippen LogP contribution in [0.1, 0.15) is 33.3 Å². The smallest absolute Gasteiger partial charge is 0.261 e. The predicted octanol–water partition coefficient (Wildman–Crippen LogP) is 1.48. The van der Waals surface area contributed by atoms with Crippen LogP contribution in [0.5, 0.6) is 0 Å². The standard InChI is InChI=1S/C20H23N5O2/c1-2-21-20(23-12-10-15-7-5-6-11-22-15)24-13-14-25-18(26)16-8-3-4-9-17(16)19(25)27/h3-9,11H,2,10,12-14H2,1H3,(H2,21,23,24). The van der Waals surface area contributed by atoms with Crippen LogP contribution in [0.4, 0.5) is 0 Å².